The number of nitrogens with two attached hydrogens (primary N) is 1. The molecular formula is C13H17NO4. The van der Waals surface area contributed by atoms with E-state index in [4.69, 9.17) is 19.9 Å². The van der Waals surface area contributed by atoms with Crippen LogP contribution >= 0.6 is 0 Å². The molecule has 0 atom stereocenters. The summed E-state index contributed by atoms with van der Waals surface area (Å²) in [7, 11) is 0. The van der Waals surface area contributed by atoms with Crippen LogP contribution in [0.2, 0.25) is 0 Å². The van der Waals surface area contributed by atoms with Crippen molar-refractivity contribution in [2.24, 2.45) is 5.73 Å². The summed E-state index contributed by atoms with van der Waals surface area (Å²) in [6.07, 6.45) is 1.36. The first-order chi connectivity index (χ1) is 8.77. The molecule has 0 aromatic heterocycles. The Hall–Kier alpha value is -1.59. The number of benzene rings is 1. The van der Waals surface area contributed by atoms with Gasteiger partial charge in [-0.05, 0) is 18.6 Å². The van der Waals surface area contributed by atoms with Crippen molar-refractivity contribution < 1.29 is 19.0 Å². The van der Waals surface area contributed by atoms with Crippen molar-refractivity contribution in [1.29, 1.82) is 0 Å². The van der Waals surface area contributed by atoms with Gasteiger partial charge in [0, 0.05) is 6.42 Å². The van der Waals surface area contributed by atoms with Gasteiger partial charge in [0.25, 0.3) is 5.91 Å². The Morgan fingerprint density at radius 1 is 1.33 bits per heavy atom. The van der Waals surface area contributed by atoms with E-state index in [1.165, 1.54) is 0 Å². The van der Waals surface area contributed by atoms with Crippen molar-refractivity contribution >= 4 is 5.91 Å². The third kappa shape index (κ3) is 3.45. The van der Waals surface area contributed by atoms with Crippen molar-refractivity contribution in [2.45, 2.75) is 19.1 Å². The third-order valence-electron chi connectivity index (χ3n) is 2.66. The molecule has 5 nitrogen and oxygen atoms in total. The summed E-state index contributed by atoms with van der Waals surface area (Å²) >= 11 is 0. The van der Waals surface area contributed by atoms with Crippen LogP contribution in [0.15, 0.2) is 24.3 Å². The minimum absolute atomic E-state index is 0.209. The van der Waals surface area contributed by atoms with Crippen LogP contribution in [0, 0.1) is 0 Å². The van der Waals surface area contributed by atoms with Crippen LogP contribution in [-0.2, 0) is 9.47 Å². The van der Waals surface area contributed by atoms with Gasteiger partial charge in [-0.1, -0.05) is 12.1 Å². The average Bonchev–Trinajstić information content (AvgIpc) is 2.40. The zero-order valence-corrected chi connectivity index (χ0v) is 10.1. The topological polar surface area (TPSA) is 70.8 Å². The minimum Gasteiger partial charge on any atom is -0.493 e. The Balaban J connectivity index is 1.84. The Morgan fingerprint density at radius 3 is 2.78 bits per heavy atom. The molecule has 0 unspecified atom stereocenters. The van der Waals surface area contributed by atoms with Crippen LogP contribution in [0.3, 0.4) is 0 Å². The standard InChI is InChI=1S/C13H17NO4/c14-13(15)10-4-1-2-5-11(10)16-9-6-12-17-7-3-8-18-12/h1-2,4-5,12H,3,6-9H2,(H2,14,15). The molecule has 1 amide bonds. The average molecular weight is 251 g/mol. The molecule has 18 heavy (non-hydrogen) atoms. The van der Waals surface area contributed by atoms with E-state index in [-0.39, 0.29) is 6.29 Å². The highest BCUT2D eigenvalue weighted by Crippen LogP contribution is 2.18. The molecule has 1 heterocycles. The number of hydrogen-bond donors (Lipinski definition) is 1. The Morgan fingerprint density at radius 2 is 2.06 bits per heavy atom. The lowest BCUT2D eigenvalue weighted by Crippen LogP contribution is -2.26. The summed E-state index contributed by atoms with van der Waals surface area (Å²) in [6, 6.07) is 6.92. The van der Waals surface area contributed by atoms with Gasteiger partial charge in [0.05, 0.1) is 25.4 Å². The van der Waals surface area contributed by atoms with E-state index in [1.54, 1.807) is 24.3 Å². The van der Waals surface area contributed by atoms with Crippen LogP contribution in [0.1, 0.15) is 23.2 Å². The van der Waals surface area contributed by atoms with Crippen LogP contribution in [0.5, 0.6) is 5.75 Å². The van der Waals surface area contributed by atoms with Crippen molar-refractivity contribution in [3.63, 3.8) is 0 Å². The highest BCUT2D eigenvalue weighted by Gasteiger charge is 2.14. The van der Waals surface area contributed by atoms with Crippen molar-refractivity contribution in [1.82, 2.24) is 0 Å². The molecule has 2 N–H and O–H groups in total. The summed E-state index contributed by atoms with van der Waals surface area (Å²) in [6.45, 7) is 1.88. The van der Waals surface area contributed by atoms with Gasteiger partial charge in [0.1, 0.15) is 5.75 Å². The molecule has 0 aliphatic carbocycles. The van der Waals surface area contributed by atoms with Crippen LogP contribution in [0.4, 0.5) is 0 Å². The maximum atomic E-state index is 11.2. The molecule has 1 aliphatic heterocycles. The predicted molar refractivity (Wildman–Crippen MR) is 65.4 cm³/mol. The molecule has 0 radical (unpaired) electrons. The summed E-state index contributed by atoms with van der Waals surface area (Å²) in [5.74, 6) is 0.0107. The smallest absolute Gasteiger partial charge is 0.252 e. The second-order valence-corrected chi connectivity index (χ2v) is 4.02. The fraction of sp³-hybridized carbons (Fsp3) is 0.462. The lowest BCUT2D eigenvalue weighted by molar-refractivity contribution is -0.183. The fourth-order valence-electron chi connectivity index (χ4n) is 1.76. The quantitative estimate of drug-likeness (QED) is 0.856. The summed E-state index contributed by atoms with van der Waals surface area (Å²) in [5.41, 5.74) is 5.65. The number of carbonyl (C=O) groups is 1. The molecule has 1 aromatic carbocycles. The SMILES string of the molecule is NC(=O)c1ccccc1OCCC1OCCCO1. The molecule has 98 valence electrons. The molecule has 1 aliphatic rings. The number of rotatable bonds is 5. The minimum atomic E-state index is -0.490. The Bertz CT molecular complexity index is 402. The molecule has 0 spiro atoms. The number of hydrogen-bond acceptors (Lipinski definition) is 4. The Labute approximate surface area is 106 Å². The highest BCUT2D eigenvalue weighted by molar-refractivity contribution is 5.95. The van der Waals surface area contributed by atoms with Gasteiger partial charge in [0.2, 0.25) is 0 Å². The second-order valence-electron chi connectivity index (χ2n) is 4.02. The largest absolute Gasteiger partial charge is 0.493 e. The highest BCUT2D eigenvalue weighted by atomic mass is 16.7. The van der Waals surface area contributed by atoms with Crippen molar-refractivity contribution in [3.05, 3.63) is 29.8 Å². The van der Waals surface area contributed by atoms with E-state index in [0.717, 1.165) is 19.6 Å². The molecule has 0 saturated carbocycles. The first kappa shape index (κ1) is 12.9. The van der Waals surface area contributed by atoms with E-state index >= 15 is 0 Å². The summed E-state index contributed by atoms with van der Waals surface area (Å²) < 4.78 is 16.3. The number of primary amides is 1. The lowest BCUT2D eigenvalue weighted by atomic mass is 10.2. The van der Waals surface area contributed by atoms with E-state index in [9.17, 15) is 4.79 Å². The maximum absolute atomic E-state index is 11.2. The van der Waals surface area contributed by atoms with Crippen LogP contribution in [0.25, 0.3) is 0 Å². The van der Waals surface area contributed by atoms with Crippen LogP contribution in [-0.4, -0.2) is 32.0 Å². The molecule has 2 rings (SSSR count). The normalized spacial score (nSPS) is 16.4. The van der Waals surface area contributed by atoms with E-state index in [0.29, 0.717) is 24.3 Å². The second kappa shape index (κ2) is 6.37. The van der Waals surface area contributed by atoms with Gasteiger partial charge in [-0.15, -0.1) is 0 Å². The molecular weight excluding hydrogens is 234 g/mol. The first-order valence-corrected chi connectivity index (χ1v) is 6.02. The van der Waals surface area contributed by atoms with Gasteiger partial charge in [0.15, 0.2) is 6.29 Å². The van der Waals surface area contributed by atoms with Gasteiger partial charge < -0.3 is 19.9 Å². The van der Waals surface area contributed by atoms with Gasteiger partial charge in [-0.3, -0.25) is 4.79 Å². The first-order valence-electron chi connectivity index (χ1n) is 6.02. The fourth-order valence-corrected chi connectivity index (χ4v) is 1.76. The predicted octanol–water partition coefficient (Wildman–Crippen LogP) is 1.32. The zero-order valence-electron chi connectivity index (χ0n) is 10.1. The zero-order chi connectivity index (χ0) is 12.8. The van der Waals surface area contributed by atoms with E-state index in [2.05, 4.69) is 0 Å². The lowest BCUT2D eigenvalue weighted by Gasteiger charge is -2.23. The van der Waals surface area contributed by atoms with Gasteiger partial charge in [-0.2, -0.15) is 0 Å². The van der Waals surface area contributed by atoms with Crippen molar-refractivity contribution in [3.8, 4) is 5.75 Å². The van der Waals surface area contributed by atoms with Gasteiger partial charge >= 0.3 is 0 Å². The van der Waals surface area contributed by atoms with E-state index in [1.807, 2.05) is 0 Å². The number of para-hydroxylation sites is 1. The molecule has 1 aromatic rings. The molecule has 1 saturated heterocycles. The molecule has 5 heteroatoms. The summed E-state index contributed by atoms with van der Waals surface area (Å²) in [4.78, 5) is 11.2. The third-order valence-corrected chi connectivity index (χ3v) is 2.66. The number of ether oxygens (including phenoxy) is 3. The molecule has 0 bridgehead atoms. The summed E-state index contributed by atoms with van der Waals surface area (Å²) in [5, 5.41) is 0. The van der Waals surface area contributed by atoms with E-state index < -0.39 is 5.91 Å². The number of carbonyl (C=O) groups excluding carboxylic acids is 1. The monoisotopic (exact) mass is 251 g/mol. The maximum Gasteiger partial charge on any atom is 0.252 e. The molecule has 1 fully saturated rings. The van der Waals surface area contributed by atoms with Crippen LogP contribution < -0.4 is 10.5 Å². The van der Waals surface area contributed by atoms with Gasteiger partial charge in [-0.25, -0.2) is 0 Å². The van der Waals surface area contributed by atoms with Crippen molar-refractivity contribution in [2.75, 3.05) is 19.8 Å². The Kier molecular flexibility index (Phi) is 4.55. The number of amides is 1.